The molecule has 0 saturated carbocycles. The lowest BCUT2D eigenvalue weighted by Gasteiger charge is -2.25. The van der Waals surface area contributed by atoms with Crippen LogP contribution in [0.25, 0.3) is 0 Å². The molecule has 0 fully saturated rings. The highest BCUT2D eigenvalue weighted by molar-refractivity contribution is 5.99. The predicted molar refractivity (Wildman–Crippen MR) is 80.5 cm³/mol. The van der Waals surface area contributed by atoms with Crippen LogP contribution in [0.5, 0.6) is 5.75 Å². The van der Waals surface area contributed by atoms with Gasteiger partial charge in [0.2, 0.25) is 5.91 Å². The van der Waals surface area contributed by atoms with Gasteiger partial charge < -0.3 is 14.8 Å². The number of carbonyl (C=O) groups is 4. The average molecular weight is 321 g/mol. The van der Waals surface area contributed by atoms with Crippen molar-refractivity contribution in [3.63, 3.8) is 0 Å². The predicted octanol–water partition coefficient (Wildman–Crippen LogP) is 1.17. The first kappa shape index (κ1) is 18.3. The molecule has 0 unspecified atom stereocenters. The van der Waals surface area contributed by atoms with E-state index in [4.69, 9.17) is 4.74 Å². The SMILES string of the molecule is COC(=O)[C@H](C(C)=O)[C@@H](NC(C)=O)c1ccccc1OC(C)=O. The third-order valence-electron chi connectivity index (χ3n) is 3.09. The van der Waals surface area contributed by atoms with Crippen molar-refractivity contribution >= 4 is 23.6 Å². The lowest BCUT2D eigenvalue weighted by molar-refractivity contribution is -0.150. The zero-order chi connectivity index (χ0) is 17.6. The van der Waals surface area contributed by atoms with Gasteiger partial charge in [-0.25, -0.2) is 0 Å². The smallest absolute Gasteiger partial charge is 0.318 e. The van der Waals surface area contributed by atoms with Gasteiger partial charge in [0.15, 0.2) is 0 Å². The molecule has 7 heteroatoms. The fraction of sp³-hybridized carbons (Fsp3) is 0.375. The van der Waals surface area contributed by atoms with Crippen molar-refractivity contribution in [2.45, 2.75) is 26.8 Å². The van der Waals surface area contributed by atoms with E-state index < -0.39 is 35.6 Å². The van der Waals surface area contributed by atoms with Crippen LogP contribution >= 0.6 is 0 Å². The Morgan fingerprint density at radius 1 is 1.04 bits per heavy atom. The van der Waals surface area contributed by atoms with Crippen molar-refractivity contribution in [3.8, 4) is 5.75 Å². The van der Waals surface area contributed by atoms with Crippen molar-refractivity contribution in [1.82, 2.24) is 5.32 Å². The summed E-state index contributed by atoms with van der Waals surface area (Å²) < 4.78 is 9.76. The van der Waals surface area contributed by atoms with Gasteiger partial charge in [0.1, 0.15) is 17.5 Å². The van der Waals surface area contributed by atoms with Gasteiger partial charge in [-0.1, -0.05) is 18.2 Å². The van der Waals surface area contributed by atoms with E-state index in [1.54, 1.807) is 18.2 Å². The van der Waals surface area contributed by atoms with Crippen LogP contribution < -0.4 is 10.1 Å². The van der Waals surface area contributed by atoms with E-state index in [0.29, 0.717) is 5.56 Å². The Balaban J connectivity index is 3.41. The van der Waals surface area contributed by atoms with Crippen LogP contribution in [-0.2, 0) is 23.9 Å². The van der Waals surface area contributed by atoms with Crippen molar-refractivity contribution < 1.29 is 28.7 Å². The van der Waals surface area contributed by atoms with E-state index in [0.717, 1.165) is 7.11 Å². The molecule has 0 aliphatic rings. The number of benzene rings is 1. The molecule has 0 aliphatic carbocycles. The summed E-state index contributed by atoms with van der Waals surface area (Å²) >= 11 is 0. The van der Waals surface area contributed by atoms with Crippen molar-refractivity contribution in [2.24, 2.45) is 5.92 Å². The number of hydrogen-bond acceptors (Lipinski definition) is 6. The molecule has 0 radical (unpaired) electrons. The molecular weight excluding hydrogens is 302 g/mol. The van der Waals surface area contributed by atoms with E-state index in [9.17, 15) is 19.2 Å². The Kier molecular flexibility index (Phi) is 6.44. The van der Waals surface area contributed by atoms with E-state index in [2.05, 4.69) is 10.1 Å². The molecule has 2 atom stereocenters. The van der Waals surface area contributed by atoms with Gasteiger partial charge in [-0.05, 0) is 13.0 Å². The van der Waals surface area contributed by atoms with Crippen LogP contribution in [0.2, 0.25) is 0 Å². The lowest BCUT2D eigenvalue weighted by Crippen LogP contribution is -2.40. The highest BCUT2D eigenvalue weighted by Gasteiger charge is 2.36. The van der Waals surface area contributed by atoms with Gasteiger partial charge in [0, 0.05) is 19.4 Å². The number of esters is 2. The molecule has 0 bridgehead atoms. The van der Waals surface area contributed by atoms with Crippen molar-refractivity contribution in [2.75, 3.05) is 7.11 Å². The van der Waals surface area contributed by atoms with Crippen LogP contribution in [0.4, 0.5) is 0 Å². The Labute approximate surface area is 134 Å². The summed E-state index contributed by atoms with van der Waals surface area (Å²) in [6, 6.07) is 5.35. The van der Waals surface area contributed by atoms with Gasteiger partial charge in [0.25, 0.3) is 0 Å². The summed E-state index contributed by atoms with van der Waals surface area (Å²) in [5, 5.41) is 2.55. The van der Waals surface area contributed by atoms with E-state index in [1.807, 2.05) is 0 Å². The minimum atomic E-state index is -1.25. The number of methoxy groups -OCH3 is 1. The largest absolute Gasteiger partial charge is 0.468 e. The van der Waals surface area contributed by atoms with E-state index >= 15 is 0 Å². The highest BCUT2D eigenvalue weighted by atomic mass is 16.5. The number of ether oxygens (including phenoxy) is 2. The molecule has 0 spiro atoms. The first-order valence-corrected chi connectivity index (χ1v) is 6.90. The van der Waals surface area contributed by atoms with Crippen molar-refractivity contribution in [3.05, 3.63) is 29.8 Å². The standard InChI is InChI=1S/C16H19NO6/c1-9(18)14(16(21)22-4)15(17-10(2)19)12-7-5-6-8-13(12)23-11(3)20/h5-8,14-15H,1-4H3,(H,17,19)/t14-,15+/m1/s1. The summed E-state index contributed by atoms with van der Waals surface area (Å²) in [7, 11) is 1.15. The maximum absolute atomic E-state index is 12.0. The Bertz CT molecular complexity index is 625. The molecule has 1 N–H and O–H groups in total. The maximum Gasteiger partial charge on any atom is 0.318 e. The normalized spacial score (nSPS) is 12.7. The fourth-order valence-electron chi connectivity index (χ4n) is 2.21. The molecule has 0 heterocycles. The summed E-state index contributed by atoms with van der Waals surface area (Å²) in [4.78, 5) is 46.6. The van der Waals surface area contributed by atoms with Crippen molar-refractivity contribution in [1.29, 1.82) is 0 Å². The van der Waals surface area contributed by atoms with Gasteiger partial charge >= 0.3 is 11.9 Å². The summed E-state index contributed by atoms with van der Waals surface area (Å²) in [5.74, 6) is -3.35. The molecule has 0 saturated heterocycles. The topological polar surface area (TPSA) is 98.8 Å². The Morgan fingerprint density at radius 3 is 2.13 bits per heavy atom. The Hall–Kier alpha value is -2.70. The minimum absolute atomic E-state index is 0.161. The molecule has 0 aliphatic heterocycles. The summed E-state index contributed by atoms with van der Waals surface area (Å²) in [6.45, 7) is 3.72. The van der Waals surface area contributed by atoms with Crippen LogP contribution in [0, 0.1) is 5.92 Å². The summed E-state index contributed by atoms with van der Waals surface area (Å²) in [5.41, 5.74) is 0.337. The molecule has 1 aromatic rings. The highest BCUT2D eigenvalue weighted by Crippen LogP contribution is 2.31. The zero-order valence-electron chi connectivity index (χ0n) is 13.4. The number of Topliss-reactive ketones (excluding diaryl/α,β-unsaturated/α-hetero) is 1. The van der Waals surface area contributed by atoms with Gasteiger partial charge in [0.05, 0.1) is 13.2 Å². The van der Waals surface area contributed by atoms with Gasteiger partial charge in [-0.3, -0.25) is 19.2 Å². The summed E-state index contributed by atoms with van der Waals surface area (Å²) in [6.07, 6.45) is 0. The number of para-hydroxylation sites is 1. The van der Waals surface area contributed by atoms with Gasteiger partial charge in [-0.2, -0.15) is 0 Å². The monoisotopic (exact) mass is 321 g/mol. The number of carbonyl (C=O) groups excluding carboxylic acids is 4. The van der Waals surface area contributed by atoms with E-state index in [-0.39, 0.29) is 5.75 Å². The number of hydrogen-bond donors (Lipinski definition) is 1. The number of ketones is 1. The average Bonchev–Trinajstić information content (AvgIpc) is 2.45. The maximum atomic E-state index is 12.0. The third-order valence-corrected chi connectivity index (χ3v) is 3.09. The third kappa shape index (κ3) is 4.91. The molecule has 0 aromatic heterocycles. The number of amides is 1. The molecule has 7 nitrogen and oxygen atoms in total. The second-order valence-corrected chi connectivity index (χ2v) is 4.92. The van der Waals surface area contributed by atoms with Crippen LogP contribution in [-0.4, -0.2) is 30.7 Å². The molecular formula is C16H19NO6. The number of rotatable bonds is 6. The second-order valence-electron chi connectivity index (χ2n) is 4.92. The Morgan fingerprint density at radius 2 is 1.65 bits per heavy atom. The zero-order valence-corrected chi connectivity index (χ0v) is 13.4. The molecule has 1 rings (SSSR count). The van der Waals surface area contributed by atoms with Crippen LogP contribution in [0.1, 0.15) is 32.4 Å². The first-order chi connectivity index (χ1) is 10.8. The molecule has 124 valence electrons. The fourth-order valence-corrected chi connectivity index (χ4v) is 2.21. The molecule has 1 amide bonds. The molecule has 23 heavy (non-hydrogen) atoms. The van der Waals surface area contributed by atoms with Crippen LogP contribution in [0.3, 0.4) is 0 Å². The van der Waals surface area contributed by atoms with E-state index in [1.165, 1.54) is 26.8 Å². The van der Waals surface area contributed by atoms with Crippen LogP contribution in [0.15, 0.2) is 24.3 Å². The minimum Gasteiger partial charge on any atom is -0.468 e. The quantitative estimate of drug-likeness (QED) is 0.480. The number of nitrogens with one attached hydrogen (secondary N) is 1. The van der Waals surface area contributed by atoms with Gasteiger partial charge in [-0.15, -0.1) is 0 Å². The molecule has 1 aromatic carbocycles. The lowest BCUT2D eigenvalue weighted by atomic mass is 9.89. The second kappa shape index (κ2) is 8.07. The first-order valence-electron chi connectivity index (χ1n) is 6.90.